The molecular weight excluding hydrogens is 142 g/mol. The van der Waals surface area contributed by atoms with Crippen molar-refractivity contribution >= 4 is 5.97 Å². The van der Waals surface area contributed by atoms with Gasteiger partial charge in [-0.25, -0.2) is 0 Å². The minimum absolute atomic E-state index is 0.162. The maximum Gasteiger partial charge on any atom is 0.323 e. The van der Waals surface area contributed by atoms with Crippen LogP contribution in [0.4, 0.5) is 0 Å². The van der Waals surface area contributed by atoms with E-state index < -0.39 is 0 Å². The number of carbonyl (C=O) groups excluding carboxylic acids is 1. The van der Waals surface area contributed by atoms with Crippen LogP contribution >= 0.6 is 0 Å². The zero-order valence-electron chi connectivity index (χ0n) is 7.68. The monoisotopic (exact) mass is 159 g/mol. The van der Waals surface area contributed by atoms with Gasteiger partial charge in [-0.1, -0.05) is 20.8 Å². The fourth-order valence-corrected chi connectivity index (χ4v) is 0.938. The van der Waals surface area contributed by atoms with Gasteiger partial charge in [-0.3, -0.25) is 4.79 Å². The number of ether oxygens (including phenoxy) is 1. The molecule has 0 saturated carbocycles. The van der Waals surface area contributed by atoms with Crippen LogP contribution < -0.4 is 5.32 Å². The number of carbonyl (C=O) groups is 1. The Kier molecular flexibility index (Phi) is 4.86. The van der Waals surface area contributed by atoms with Crippen molar-refractivity contribution in [2.75, 3.05) is 13.7 Å². The van der Waals surface area contributed by atoms with Gasteiger partial charge in [0.2, 0.25) is 0 Å². The maximum atomic E-state index is 11.1. The van der Waals surface area contributed by atoms with Crippen LogP contribution in [0.3, 0.4) is 0 Å². The van der Waals surface area contributed by atoms with Crippen molar-refractivity contribution in [3.05, 3.63) is 0 Å². The van der Waals surface area contributed by atoms with Crippen LogP contribution in [-0.2, 0) is 9.53 Å². The number of methoxy groups -OCH3 is 1. The Morgan fingerprint density at radius 1 is 1.55 bits per heavy atom. The summed E-state index contributed by atoms with van der Waals surface area (Å²) in [6, 6.07) is -0.162. The lowest BCUT2D eigenvalue weighted by molar-refractivity contribution is -0.144. The topological polar surface area (TPSA) is 38.3 Å². The van der Waals surface area contributed by atoms with E-state index in [0.29, 0.717) is 0 Å². The van der Waals surface area contributed by atoms with E-state index in [1.54, 1.807) is 0 Å². The van der Waals surface area contributed by atoms with Gasteiger partial charge in [0.25, 0.3) is 0 Å². The maximum absolute atomic E-state index is 11.1. The molecule has 3 nitrogen and oxygen atoms in total. The quantitative estimate of drug-likeness (QED) is 0.616. The Labute approximate surface area is 68.1 Å². The van der Waals surface area contributed by atoms with Gasteiger partial charge in [0.05, 0.1) is 7.11 Å². The first-order valence-corrected chi connectivity index (χ1v) is 3.94. The third-order valence-corrected chi connectivity index (χ3v) is 1.55. The second kappa shape index (κ2) is 5.13. The van der Waals surface area contributed by atoms with Gasteiger partial charge in [0.15, 0.2) is 0 Å². The van der Waals surface area contributed by atoms with Crippen LogP contribution in [-0.4, -0.2) is 25.7 Å². The van der Waals surface area contributed by atoms with Crippen LogP contribution in [0.1, 0.15) is 20.8 Å². The van der Waals surface area contributed by atoms with E-state index in [-0.39, 0.29) is 17.9 Å². The summed E-state index contributed by atoms with van der Waals surface area (Å²) in [6.45, 7) is 6.74. The molecule has 0 aromatic rings. The van der Waals surface area contributed by atoms with Gasteiger partial charge in [-0.2, -0.15) is 0 Å². The predicted molar refractivity (Wildman–Crippen MR) is 44.3 cm³/mol. The Balaban J connectivity index is 3.98. The molecule has 0 radical (unpaired) electrons. The molecule has 0 aromatic carbocycles. The van der Waals surface area contributed by atoms with Crippen LogP contribution in [0.15, 0.2) is 0 Å². The molecule has 0 heterocycles. The predicted octanol–water partition coefficient (Wildman–Crippen LogP) is 0.793. The van der Waals surface area contributed by atoms with Crippen LogP contribution in [0, 0.1) is 5.92 Å². The highest BCUT2D eigenvalue weighted by Gasteiger charge is 2.20. The molecule has 3 heteroatoms. The molecule has 66 valence electrons. The number of nitrogens with one attached hydrogen (secondary N) is 1. The zero-order chi connectivity index (χ0) is 8.85. The van der Waals surface area contributed by atoms with E-state index in [2.05, 4.69) is 10.1 Å². The standard InChI is InChI=1S/C8H17NO2/c1-5-9-7(6(2)3)8(10)11-4/h6-7,9H,5H2,1-4H3/t7-/m1/s1. The highest BCUT2D eigenvalue weighted by Crippen LogP contribution is 2.02. The van der Waals surface area contributed by atoms with Crippen LogP contribution in [0.5, 0.6) is 0 Å². The van der Waals surface area contributed by atoms with E-state index >= 15 is 0 Å². The summed E-state index contributed by atoms with van der Waals surface area (Å²) in [5.41, 5.74) is 0. The molecule has 0 aliphatic rings. The molecule has 1 N–H and O–H groups in total. The van der Waals surface area contributed by atoms with Crippen molar-refractivity contribution in [1.29, 1.82) is 0 Å². The van der Waals surface area contributed by atoms with Gasteiger partial charge < -0.3 is 10.1 Å². The Morgan fingerprint density at radius 2 is 2.09 bits per heavy atom. The molecular formula is C8H17NO2. The Bertz CT molecular complexity index is 123. The summed E-state index contributed by atoms with van der Waals surface area (Å²) in [6.07, 6.45) is 0. The van der Waals surface area contributed by atoms with Gasteiger partial charge in [0.1, 0.15) is 6.04 Å². The summed E-state index contributed by atoms with van der Waals surface area (Å²) in [5, 5.41) is 3.06. The average molecular weight is 159 g/mol. The summed E-state index contributed by atoms with van der Waals surface area (Å²) in [7, 11) is 1.41. The van der Waals surface area contributed by atoms with Crippen molar-refractivity contribution in [1.82, 2.24) is 5.32 Å². The van der Waals surface area contributed by atoms with Gasteiger partial charge in [-0.15, -0.1) is 0 Å². The molecule has 0 fully saturated rings. The molecule has 0 spiro atoms. The summed E-state index contributed by atoms with van der Waals surface area (Å²) < 4.78 is 4.62. The first kappa shape index (κ1) is 10.4. The molecule has 0 aliphatic carbocycles. The second-order valence-electron chi connectivity index (χ2n) is 2.80. The molecule has 0 aliphatic heterocycles. The lowest BCUT2D eigenvalue weighted by atomic mass is 10.1. The van der Waals surface area contributed by atoms with Crippen molar-refractivity contribution in [2.45, 2.75) is 26.8 Å². The number of hydrogen-bond donors (Lipinski definition) is 1. The second-order valence-corrected chi connectivity index (χ2v) is 2.80. The number of hydrogen-bond acceptors (Lipinski definition) is 3. The smallest absolute Gasteiger partial charge is 0.323 e. The average Bonchev–Trinajstić information content (AvgIpc) is 1.98. The van der Waals surface area contributed by atoms with Crippen molar-refractivity contribution in [3.8, 4) is 0 Å². The van der Waals surface area contributed by atoms with E-state index in [1.165, 1.54) is 7.11 Å². The van der Waals surface area contributed by atoms with Crippen molar-refractivity contribution < 1.29 is 9.53 Å². The molecule has 0 amide bonds. The summed E-state index contributed by atoms with van der Waals surface area (Å²) in [5.74, 6) is 0.101. The fraction of sp³-hybridized carbons (Fsp3) is 0.875. The highest BCUT2D eigenvalue weighted by molar-refractivity contribution is 5.75. The molecule has 0 bridgehead atoms. The Hall–Kier alpha value is -0.570. The van der Waals surface area contributed by atoms with E-state index in [1.807, 2.05) is 20.8 Å². The fourth-order valence-electron chi connectivity index (χ4n) is 0.938. The Morgan fingerprint density at radius 3 is 2.36 bits per heavy atom. The van der Waals surface area contributed by atoms with E-state index in [9.17, 15) is 4.79 Å². The first-order chi connectivity index (χ1) is 5.13. The number of likely N-dealkylation sites (N-methyl/N-ethyl adjacent to an activating group) is 1. The summed E-state index contributed by atoms with van der Waals surface area (Å²) in [4.78, 5) is 11.1. The van der Waals surface area contributed by atoms with E-state index in [0.717, 1.165) is 6.54 Å². The SMILES string of the molecule is CCN[C@@H](C(=O)OC)C(C)C. The van der Waals surface area contributed by atoms with Gasteiger partial charge in [-0.05, 0) is 12.5 Å². The van der Waals surface area contributed by atoms with Crippen molar-refractivity contribution in [3.63, 3.8) is 0 Å². The van der Waals surface area contributed by atoms with E-state index in [4.69, 9.17) is 0 Å². The minimum atomic E-state index is -0.179. The number of rotatable bonds is 4. The third kappa shape index (κ3) is 3.37. The molecule has 0 rings (SSSR count). The zero-order valence-corrected chi connectivity index (χ0v) is 7.68. The summed E-state index contributed by atoms with van der Waals surface area (Å²) >= 11 is 0. The molecule has 0 unspecified atom stereocenters. The molecule has 0 saturated heterocycles. The van der Waals surface area contributed by atoms with Gasteiger partial charge >= 0.3 is 5.97 Å². The van der Waals surface area contributed by atoms with Crippen LogP contribution in [0.2, 0.25) is 0 Å². The number of esters is 1. The highest BCUT2D eigenvalue weighted by atomic mass is 16.5. The van der Waals surface area contributed by atoms with Gasteiger partial charge in [0, 0.05) is 0 Å². The lowest BCUT2D eigenvalue weighted by Gasteiger charge is -2.18. The molecule has 11 heavy (non-hydrogen) atoms. The molecule has 1 atom stereocenters. The normalized spacial score (nSPS) is 13.2. The minimum Gasteiger partial charge on any atom is -0.468 e. The largest absolute Gasteiger partial charge is 0.468 e. The lowest BCUT2D eigenvalue weighted by Crippen LogP contribution is -2.41. The first-order valence-electron chi connectivity index (χ1n) is 3.94. The van der Waals surface area contributed by atoms with Crippen LogP contribution in [0.25, 0.3) is 0 Å². The molecule has 0 aromatic heterocycles. The van der Waals surface area contributed by atoms with Crippen molar-refractivity contribution in [2.24, 2.45) is 5.92 Å². The third-order valence-electron chi connectivity index (χ3n) is 1.55.